The molecular formula is C30H26O5. The van der Waals surface area contributed by atoms with E-state index in [-0.39, 0.29) is 6.10 Å². The molecule has 0 spiro atoms. The molecule has 0 bridgehead atoms. The maximum atomic E-state index is 6.53. The van der Waals surface area contributed by atoms with Crippen LogP contribution in [0, 0.1) is 0 Å². The zero-order chi connectivity index (χ0) is 24.0. The third-order valence-corrected chi connectivity index (χ3v) is 7.08. The molecule has 5 heteroatoms. The molecule has 0 N–H and O–H groups in total. The van der Waals surface area contributed by atoms with E-state index in [4.69, 9.17) is 23.7 Å². The first kappa shape index (κ1) is 21.4. The van der Waals surface area contributed by atoms with E-state index in [0.29, 0.717) is 6.61 Å². The van der Waals surface area contributed by atoms with Gasteiger partial charge in [0.1, 0.15) is 41.5 Å². The van der Waals surface area contributed by atoms with Crippen molar-refractivity contribution < 1.29 is 23.7 Å². The van der Waals surface area contributed by atoms with Crippen molar-refractivity contribution >= 4 is 6.08 Å². The maximum absolute atomic E-state index is 6.53. The highest BCUT2D eigenvalue weighted by Gasteiger charge is 2.47. The fourth-order valence-corrected chi connectivity index (χ4v) is 5.29. The van der Waals surface area contributed by atoms with Crippen molar-refractivity contribution in [2.45, 2.75) is 11.5 Å². The Morgan fingerprint density at radius 1 is 0.829 bits per heavy atom. The van der Waals surface area contributed by atoms with E-state index in [1.807, 2.05) is 36.4 Å². The maximum Gasteiger partial charge on any atom is 0.142 e. The molecule has 0 amide bonds. The third kappa shape index (κ3) is 3.22. The third-order valence-electron chi connectivity index (χ3n) is 7.08. The molecule has 2 atom stereocenters. The van der Waals surface area contributed by atoms with Crippen LogP contribution < -0.4 is 23.7 Å². The van der Waals surface area contributed by atoms with Gasteiger partial charge in [0.05, 0.1) is 32.3 Å². The first-order chi connectivity index (χ1) is 17.2. The Morgan fingerprint density at radius 2 is 1.60 bits per heavy atom. The molecule has 3 aromatic carbocycles. The molecule has 3 aromatic rings. The largest absolute Gasteiger partial charge is 0.497 e. The summed E-state index contributed by atoms with van der Waals surface area (Å²) < 4.78 is 29.6. The van der Waals surface area contributed by atoms with E-state index < -0.39 is 5.41 Å². The van der Waals surface area contributed by atoms with Gasteiger partial charge in [-0.25, -0.2) is 0 Å². The van der Waals surface area contributed by atoms with Crippen LogP contribution in [0.15, 0.2) is 84.5 Å². The Kier molecular flexibility index (Phi) is 5.06. The number of hydrogen-bond acceptors (Lipinski definition) is 5. The van der Waals surface area contributed by atoms with Gasteiger partial charge >= 0.3 is 0 Å². The van der Waals surface area contributed by atoms with Gasteiger partial charge in [-0.05, 0) is 47.6 Å². The van der Waals surface area contributed by atoms with Gasteiger partial charge in [0.2, 0.25) is 0 Å². The number of hydrogen-bond donors (Lipinski definition) is 0. The standard InChI is InChI=1S/C30H26O5/c1-31-21-10-8-20(9-11-21)30(24-13-12-22(32-2)17-28(24)33-3)18-34-29-23-16-19-6-4-5-7-26(19)35-27(23)15-14-25(29)30/h4-17,26H,18H2,1-3H3. The van der Waals surface area contributed by atoms with E-state index in [2.05, 4.69) is 48.6 Å². The molecule has 0 fully saturated rings. The molecule has 2 heterocycles. The predicted octanol–water partition coefficient (Wildman–Crippen LogP) is 5.71. The van der Waals surface area contributed by atoms with Gasteiger partial charge < -0.3 is 23.7 Å². The van der Waals surface area contributed by atoms with Crippen molar-refractivity contribution in [2.75, 3.05) is 27.9 Å². The van der Waals surface area contributed by atoms with Crippen molar-refractivity contribution in [1.82, 2.24) is 0 Å². The van der Waals surface area contributed by atoms with Crippen LogP contribution in [0.5, 0.6) is 28.7 Å². The normalized spacial score (nSPS) is 21.1. The van der Waals surface area contributed by atoms with Crippen LogP contribution in [0.2, 0.25) is 0 Å². The van der Waals surface area contributed by atoms with Crippen LogP contribution >= 0.6 is 0 Å². The summed E-state index contributed by atoms with van der Waals surface area (Å²) in [6.07, 6.45) is 10.3. The summed E-state index contributed by atoms with van der Waals surface area (Å²) in [5.74, 6) is 3.94. The van der Waals surface area contributed by atoms with Crippen molar-refractivity contribution in [3.63, 3.8) is 0 Å². The Balaban J connectivity index is 1.59. The first-order valence-electron chi connectivity index (χ1n) is 11.6. The van der Waals surface area contributed by atoms with Crippen molar-refractivity contribution in [2.24, 2.45) is 0 Å². The van der Waals surface area contributed by atoms with Gasteiger partial charge in [0.25, 0.3) is 0 Å². The van der Waals surface area contributed by atoms with E-state index in [9.17, 15) is 0 Å². The number of rotatable bonds is 5. The van der Waals surface area contributed by atoms with Crippen LogP contribution in [-0.4, -0.2) is 34.0 Å². The minimum Gasteiger partial charge on any atom is -0.497 e. The van der Waals surface area contributed by atoms with Crippen molar-refractivity contribution in [3.05, 3.63) is 107 Å². The van der Waals surface area contributed by atoms with Crippen LogP contribution in [-0.2, 0) is 5.41 Å². The lowest BCUT2D eigenvalue weighted by Gasteiger charge is -2.32. The van der Waals surface area contributed by atoms with E-state index >= 15 is 0 Å². The molecule has 1 aliphatic carbocycles. The highest BCUT2D eigenvalue weighted by Crippen LogP contribution is 2.54. The molecule has 3 aliphatic rings. The van der Waals surface area contributed by atoms with Gasteiger partial charge in [-0.2, -0.15) is 0 Å². The highest BCUT2D eigenvalue weighted by molar-refractivity contribution is 5.77. The van der Waals surface area contributed by atoms with E-state index in [1.54, 1.807) is 21.3 Å². The lowest BCUT2D eigenvalue weighted by molar-refractivity contribution is 0.277. The fourth-order valence-electron chi connectivity index (χ4n) is 5.29. The quantitative estimate of drug-likeness (QED) is 0.482. The van der Waals surface area contributed by atoms with Crippen molar-refractivity contribution in [3.8, 4) is 28.7 Å². The monoisotopic (exact) mass is 466 g/mol. The smallest absolute Gasteiger partial charge is 0.142 e. The van der Waals surface area contributed by atoms with E-state index in [0.717, 1.165) is 56.6 Å². The Bertz CT molecular complexity index is 1380. The SMILES string of the molecule is COc1ccc(C2(c3ccc(OC)cc3OC)COc3c2ccc2c3C=C3C=CC=CC3O2)cc1. The van der Waals surface area contributed by atoms with Gasteiger partial charge in [0, 0.05) is 17.2 Å². The summed E-state index contributed by atoms with van der Waals surface area (Å²) in [7, 11) is 5.02. The van der Waals surface area contributed by atoms with Crippen LogP contribution in [0.1, 0.15) is 22.3 Å². The summed E-state index contributed by atoms with van der Waals surface area (Å²) in [6.45, 7) is 0.427. The second kappa shape index (κ2) is 8.27. The minimum atomic E-state index is -0.591. The number of ether oxygens (including phenoxy) is 5. The molecule has 0 saturated heterocycles. The molecule has 0 saturated carbocycles. The average Bonchev–Trinajstić information content (AvgIpc) is 3.32. The number of benzene rings is 3. The summed E-state index contributed by atoms with van der Waals surface area (Å²) >= 11 is 0. The van der Waals surface area contributed by atoms with Gasteiger partial charge in [0.15, 0.2) is 0 Å². The molecule has 2 aliphatic heterocycles. The van der Waals surface area contributed by atoms with Gasteiger partial charge in [-0.1, -0.05) is 42.5 Å². The van der Waals surface area contributed by atoms with Gasteiger partial charge in [-0.15, -0.1) is 0 Å². The zero-order valence-electron chi connectivity index (χ0n) is 19.9. The predicted molar refractivity (Wildman–Crippen MR) is 135 cm³/mol. The van der Waals surface area contributed by atoms with Crippen LogP contribution in [0.3, 0.4) is 0 Å². The second-order valence-corrected chi connectivity index (χ2v) is 8.77. The summed E-state index contributed by atoms with van der Waals surface area (Å²) in [4.78, 5) is 0. The molecule has 0 aromatic heterocycles. The summed E-state index contributed by atoms with van der Waals surface area (Å²) in [6, 6.07) is 18.3. The molecule has 5 nitrogen and oxygen atoms in total. The minimum absolute atomic E-state index is 0.0695. The lowest BCUT2D eigenvalue weighted by atomic mass is 9.70. The lowest BCUT2D eigenvalue weighted by Crippen LogP contribution is -2.31. The van der Waals surface area contributed by atoms with Crippen LogP contribution in [0.4, 0.5) is 0 Å². The van der Waals surface area contributed by atoms with Crippen LogP contribution in [0.25, 0.3) is 6.08 Å². The summed E-state index contributed by atoms with van der Waals surface area (Å²) in [5, 5.41) is 0. The molecule has 2 unspecified atom stereocenters. The average molecular weight is 467 g/mol. The number of methoxy groups -OCH3 is 3. The summed E-state index contributed by atoms with van der Waals surface area (Å²) in [5.41, 5.74) is 4.65. The number of fused-ring (bicyclic) bond motifs is 4. The molecule has 6 rings (SSSR count). The molecule has 176 valence electrons. The highest BCUT2D eigenvalue weighted by atomic mass is 16.5. The number of allylic oxidation sites excluding steroid dienone is 2. The molecular weight excluding hydrogens is 440 g/mol. The topological polar surface area (TPSA) is 46.2 Å². The van der Waals surface area contributed by atoms with Crippen molar-refractivity contribution in [1.29, 1.82) is 0 Å². The first-order valence-corrected chi connectivity index (χ1v) is 11.6. The molecule has 35 heavy (non-hydrogen) atoms. The Hall–Kier alpha value is -4.12. The van der Waals surface area contributed by atoms with Gasteiger partial charge in [-0.3, -0.25) is 0 Å². The fraction of sp³-hybridized carbons (Fsp3) is 0.200. The zero-order valence-corrected chi connectivity index (χ0v) is 19.9. The Morgan fingerprint density at radius 3 is 2.37 bits per heavy atom. The Labute approximate surface area is 204 Å². The second-order valence-electron chi connectivity index (χ2n) is 8.77. The van der Waals surface area contributed by atoms with E-state index in [1.165, 1.54) is 0 Å². The molecule has 0 radical (unpaired) electrons.